The monoisotopic (exact) mass is 406 g/mol. The fourth-order valence-corrected chi connectivity index (χ4v) is 0.581. The van der Waals surface area contributed by atoms with Gasteiger partial charge in [0.25, 0.3) is 0 Å². The third-order valence-electron chi connectivity index (χ3n) is 1.02. The average Bonchev–Trinajstić information content (AvgIpc) is 1.90. The van der Waals surface area contributed by atoms with Crippen LogP contribution in [-0.2, 0) is 0 Å². The van der Waals surface area contributed by atoms with Crippen molar-refractivity contribution in [3.8, 4) is 0 Å². The van der Waals surface area contributed by atoms with E-state index in [1.54, 1.807) is 30.3 Å². The van der Waals surface area contributed by atoms with E-state index >= 15 is 0 Å². The van der Waals surface area contributed by atoms with E-state index in [1.165, 1.54) is 0 Å². The van der Waals surface area contributed by atoms with Crippen LogP contribution in [0.3, 0.4) is 0 Å². The van der Waals surface area contributed by atoms with E-state index in [9.17, 15) is 4.79 Å². The molecule has 0 aliphatic carbocycles. The number of aromatic carboxylic acids is 1. The van der Waals surface area contributed by atoms with Crippen molar-refractivity contribution < 1.29 is 103 Å². The van der Waals surface area contributed by atoms with Crippen LogP contribution in [0.25, 0.3) is 0 Å². The smallest absolute Gasteiger partial charge is 1.00 e. The second-order valence-electron chi connectivity index (χ2n) is 1.67. The molecule has 0 heterocycles. The molecular weight excluding hydrogens is 394 g/mol. The number of rotatable bonds is 1. The van der Waals surface area contributed by atoms with Gasteiger partial charge in [0.15, 0.2) is 0 Å². The minimum atomic E-state index is -0.879. The van der Waals surface area contributed by atoms with Crippen molar-refractivity contribution in [3.63, 3.8) is 0 Å². The first-order valence-corrected chi connectivity index (χ1v) is 2.59. The van der Waals surface area contributed by atoms with E-state index in [-0.39, 0.29) is 119 Å². The van der Waals surface area contributed by atoms with Crippen molar-refractivity contribution in [2.24, 2.45) is 0 Å². The maximum absolute atomic E-state index is 10.2. The molecule has 0 radical (unpaired) electrons. The quantitative estimate of drug-likeness (QED) is 0.471. The summed E-state index contributed by atoms with van der Waals surface area (Å²) in [6.45, 7) is 0. The van der Waals surface area contributed by atoms with Gasteiger partial charge in [0.2, 0.25) is 0 Å². The molecular formula is C7H12BiNa3O2. The molecule has 0 aliphatic rings. The second kappa shape index (κ2) is 14.6. The van der Waals surface area contributed by atoms with Gasteiger partial charge in [0, 0.05) is 0 Å². The molecule has 1 N–H and O–H groups in total. The number of carbonyl (C=O) groups is 1. The Morgan fingerprint density at radius 1 is 1.08 bits per heavy atom. The van der Waals surface area contributed by atoms with Gasteiger partial charge in [-0.15, -0.1) is 0 Å². The first kappa shape index (κ1) is 24.7. The van der Waals surface area contributed by atoms with E-state index in [4.69, 9.17) is 5.11 Å². The zero-order valence-electron chi connectivity index (χ0n) is 11.4. The summed E-state index contributed by atoms with van der Waals surface area (Å²) in [6.07, 6.45) is 0. The molecule has 0 aromatic heterocycles. The predicted molar refractivity (Wildman–Crippen MR) is 46.7 cm³/mol. The van der Waals surface area contributed by atoms with Crippen molar-refractivity contribution in [2.75, 3.05) is 0 Å². The van der Waals surface area contributed by atoms with Gasteiger partial charge in [-0.2, -0.15) is 0 Å². The van der Waals surface area contributed by atoms with Gasteiger partial charge >= 0.3 is 121 Å². The van der Waals surface area contributed by atoms with Crippen molar-refractivity contribution in [1.29, 1.82) is 0 Å². The predicted octanol–water partition coefficient (Wildman–Crippen LogP) is -8.45. The number of carboxylic acids is 1. The van der Waals surface area contributed by atoms with Crippen molar-refractivity contribution in [2.45, 2.75) is 0 Å². The Balaban J connectivity index is -0.0000000231. The van der Waals surface area contributed by atoms with E-state index in [0.717, 1.165) is 0 Å². The van der Waals surface area contributed by atoms with Gasteiger partial charge in [0.1, 0.15) is 0 Å². The van der Waals surface area contributed by atoms with Gasteiger partial charge in [-0.05, 0) is 12.1 Å². The van der Waals surface area contributed by atoms with E-state index < -0.39 is 5.97 Å². The van der Waals surface area contributed by atoms with Crippen LogP contribution in [0.1, 0.15) is 14.6 Å². The fourth-order valence-electron chi connectivity index (χ4n) is 0.581. The molecule has 13 heavy (non-hydrogen) atoms. The minimum absolute atomic E-state index is 0. The van der Waals surface area contributed by atoms with Gasteiger partial charge in [0.05, 0.1) is 5.56 Å². The molecule has 1 aromatic carbocycles. The first-order valence-electron chi connectivity index (χ1n) is 2.59. The van der Waals surface area contributed by atoms with Crippen LogP contribution in [0.2, 0.25) is 0 Å². The molecule has 0 bridgehead atoms. The van der Waals surface area contributed by atoms with E-state index in [1.807, 2.05) is 0 Å². The third kappa shape index (κ3) is 10.8. The van der Waals surface area contributed by atoms with Gasteiger partial charge < -0.3 is 9.39 Å². The summed E-state index contributed by atoms with van der Waals surface area (Å²) < 4.78 is 0. The zero-order chi connectivity index (χ0) is 6.69. The molecule has 1 aromatic rings. The Kier molecular flexibility index (Phi) is 27.7. The maximum Gasteiger partial charge on any atom is 1.00 e. The standard InChI is InChI=1S/C7H6O2.Bi.3Na.6H/c8-7(9)6-4-2-1-3-5-6;;;;;;;;;;/h1-5H,(H,8,9);;;;;;;;;;/q;;3*+1;;;;3*-1. The van der Waals surface area contributed by atoms with Gasteiger partial charge in [-0.1, -0.05) is 18.2 Å². The number of carboxylic acid groups (broad SMARTS) is 1. The molecule has 0 spiro atoms. The maximum atomic E-state index is 10.2. The van der Waals surface area contributed by atoms with Crippen LogP contribution in [0, 0.1) is 0 Å². The van der Waals surface area contributed by atoms with E-state index in [2.05, 4.69) is 0 Å². The molecule has 0 fully saturated rings. The molecule has 0 saturated carbocycles. The summed E-state index contributed by atoms with van der Waals surface area (Å²) in [5.41, 5.74) is 0.331. The normalized spacial score (nSPS) is 6.15. The number of hydrogen-bond donors (Lipinski definition) is 1. The van der Waals surface area contributed by atoms with Crippen LogP contribution < -0.4 is 88.7 Å². The summed E-state index contributed by atoms with van der Waals surface area (Å²) in [7, 11) is 0. The van der Waals surface area contributed by atoms with Gasteiger partial charge in [-0.25, -0.2) is 4.79 Å². The fraction of sp³-hybridized carbons (Fsp3) is 0. The Morgan fingerprint density at radius 3 is 1.69 bits per heavy atom. The molecule has 1 rings (SSSR count). The Morgan fingerprint density at radius 2 is 1.46 bits per heavy atom. The van der Waals surface area contributed by atoms with Crippen molar-refractivity contribution >= 4 is 32.2 Å². The van der Waals surface area contributed by atoms with Crippen LogP contribution >= 0.6 is 0 Å². The van der Waals surface area contributed by atoms with Crippen LogP contribution in [0.15, 0.2) is 30.3 Å². The summed E-state index contributed by atoms with van der Waals surface area (Å²) in [6, 6.07) is 8.30. The van der Waals surface area contributed by atoms with Crippen LogP contribution in [0.5, 0.6) is 0 Å². The molecule has 0 amide bonds. The minimum Gasteiger partial charge on any atom is -1.00 e. The van der Waals surface area contributed by atoms with Crippen molar-refractivity contribution in [3.05, 3.63) is 35.9 Å². The summed E-state index contributed by atoms with van der Waals surface area (Å²) in [4.78, 5) is 10.2. The molecule has 0 aliphatic heterocycles. The Hall–Kier alpha value is 2.57. The molecule has 0 unspecified atom stereocenters. The zero-order valence-corrected chi connectivity index (χ0v) is 19.9. The molecule has 6 heteroatoms. The Bertz CT molecular complexity index is 229. The Labute approximate surface area is 168 Å². The third-order valence-corrected chi connectivity index (χ3v) is 1.02. The summed E-state index contributed by atoms with van der Waals surface area (Å²) in [5.74, 6) is -0.879. The SMILES string of the molecule is O=C(O)c1ccccc1.[BiH3].[H-].[H-].[H-].[Na+].[Na+].[Na+]. The van der Waals surface area contributed by atoms with Crippen LogP contribution in [0.4, 0.5) is 0 Å². The summed E-state index contributed by atoms with van der Waals surface area (Å²) >= 11 is 0. The topological polar surface area (TPSA) is 37.3 Å². The van der Waals surface area contributed by atoms with Crippen LogP contribution in [-0.4, -0.2) is 37.3 Å². The molecule has 2 nitrogen and oxygen atoms in total. The average molecular weight is 406 g/mol. The first-order chi connectivity index (χ1) is 4.30. The molecule has 60 valence electrons. The summed E-state index contributed by atoms with van der Waals surface area (Å²) in [5, 5.41) is 8.38. The van der Waals surface area contributed by atoms with E-state index in [0.29, 0.717) is 5.56 Å². The van der Waals surface area contributed by atoms with Gasteiger partial charge in [-0.3, -0.25) is 0 Å². The second-order valence-corrected chi connectivity index (χ2v) is 1.67. The number of benzene rings is 1. The molecule has 0 atom stereocenters. The molecule has 0 saturated heterocycles. The number of hydrogen-bond acceptors (Lipinski definition) is 1. The van der Waals surface area contributed by atoms with Crippen molar-refractivity contribution in [1.82, 2.24) is 0 Å². The largest absolute Gasteiger partial charge is 1.00 e.